The first kappa shape index (κ1) is 16.0. The predicted molar refractivity (Wildman–Crippen MR) is 87.1 cm³/mol. The zero-order valence-corrected chi connectivity index (χ0v) is 13.5. The lowest BCUT2D eigenvalue weighted by Crippen LogP contribution is -2.54. The largest absolute Gasteiger partial charge is 0.370 e. The Hall–Kier alpha value is -1.91. The minimum Gasteiger partial charge on any atom is -0.370 e. The van der Waals surface area contributed by atoms with E-state index >= 15 is 0 Å². The number of amides is 1. The van der Waals surface area contributed by atoms with E-state index in [4.69, 9.17) is 16.3 Å². The molecule has 1 amide bonds. The van der Waals surface area contributed by atoms with E-state index in [-0.39, 0.29) is 17.8 Å². The Morgan fingerprint density at radius 2 is 2.09 bits per heavy atom. The molecule has 120 valence electrons. The lowest BCUT2D eigenvalue weighted by Gasteiger charge is -2.39. The summed E-state index contributed by atoms with van der Waals surface area (Å²) < 4.78 is 18.7. The second-order valence-corrected chi connectivity index (χ2v) is 6.16. The van der Waals surface area contributed by atoms with Crippen molar-refractivity contribution in [1.29, 1.82) is 0 Å². The SMILES string of the molecule is Cc1cccc(C(=O)N2CC(OCc3ccc(F)cc3Cl)C2)c1. The molecule has 5 heteroatoms. The smallest absolute Gasteiger partial charge is 0.254 e. The minimum absolute atomic E-state index is 0.00937. The molecular formula is C18H17ClFNO2. The van der Waals surface area contributed by atoms with Gasteiger partial charge in [0.2, 0.25) is 0 Å². The molecule has 0 unspecified atom stereocenters. The van der Waals surface area contributed by atoms with Gasteiger partial charge in [0.05, 0.1) is 12.7 Å². The molecule has 0 N–H and O–H groups in total. The number of carbonyl (C=O) groups excluding carboxylic acids is 1. The number of likely N-dealkylation sites (tertiary alicyclic amines) is 1. The van der Waals surface area contributed by atoms with Gasteiger partial charge >= 0.3 is 0 Å². The number of nitrogens with zero attached hydrogens (tertiary/aromatic N) is 1. The van der Waals surface area contributed by atoms with Crippen LogP contribution >= 0.6 is 11.6 Å². The van der Waals surface area contributed by atoms with E-state index in [2.05, 4.69) is 0 Å². The van der Waals surface area contributed by atoms with Crippen molar-refractivity contribution in [3.8, 4) is 0 Å². The Kier molecular flexibility index (Phi) is 4.64. The van der Waals surface area contributed by atoms with Crippen LogP contribution in [0, 0.1) is 12.7 Å². The van der Waals surface area contributed by atoms with Gasteiger partial charge in [-0.2, -0.15) is 0 Å². The zero-order valence-electron chi connectivity index (χ0n) is 12.8. The monoisotopic (exact) mass is 333 g/mol. The highest BCUT2D eigenvalue weighted by Crippen LogP contribution is 2.21. The molecule has 0 spiro atoms. The van der Waals surface area contributed by atoms with E-state index in [9.17, 15) is 9.18 Å². The molecule has 2 aromatic rings. The Morgan fingerprint density at radius 1 is 1.30 bits per heavy atom. The summed E-state index contributed by atoms with van der Waals surface area (Å²) in [6.07, 6.45) is -0.00937. The summed E-state index contributed by atoms with van der Waals surface area (Å²) in [6, 6.07) is 11.8. The first-order chi connectivity index (χ1) is 11.0. The Balaban J connectivity index is 1.50. The second-order valence-electron chi connectivity index (χ2n) is 5.75. The van der Waals surface area contributed by atoms with Crippen molar-refractivity contribution in [1.82, 2.24) is 4.90 Å². The number of carbonyl (C=O) groups is 1. The van der Waals surface area contributed by atoms with Gasteiger partial charge in [-0.25, -0.2) is 4.39 Å². The molecule has 23 heavy (non-hydrogen) atoms. The Bertz CT molecular complexity index is 729. The van der Waals surface area contributed by atoms with Crippen molar-refractivity contribution in [2.24, 2.45) is 0 Å². The van der Waals surface area contributed by atoms with Crippen LogP contribution in [0.25, 0.3) is 0 Å². The quantitative estimate of drug-likeness (QED) is 0.851. The summed E-state index contributed by atoms with van der Waals surface area (Å²) in [5.41, 5.74) is 2.51. The van der Waals surface area contributed by atoms with Gasteiger partial charge in [-0.05, 0) is 36.8 Å². The normalized spacial score (nSPS) is 14.7. The predicted octanol–water partition coefficient (Wildman–Crippen LogP) is 3.83. The highest BCUT2D eigenvalue weighted by molar-refractivity contribution is 6.31. The number of aryl methyl sites for hydroxylation is 1. The van der Waals surface area contributed by atoms with E-state index in [1.807, 2.05) is 31.2 Å². The van der Waals surface area contributed by atoms with E-state index < -0.39 is 0 Å². The molecule has 0 aromatic heterocycles. The molecule has 1 fully saturated rings. The molecule has 1 saturated heterocycles. The molecule has 0 radical (unpaired) electrons. The van der Waals surface area contributed by atoms with Crippen molar-refractivity contribution in [2.45, 2.75) is 19.6 Å². The molecule has 0 saturated carbocycles. The Morgan fingerprint density at radius 3 is 2.78 bits per heavy atom. The van der Waals surface area contributed by atoms with Crippen molar-refractivity contribution < 1.29 is 13.9 Å². The number of hydrogen-bond donors (Lipinski definition) is 0. The topological polar surface area (TPSA) is 29.5 Å². The van der Waals surface area contributed by atoms with Gasteiger partial charge < -0.3 is 9.64 Å². The lowest BCUT2D eigenvalue weighted by molar-refractivity contribution is -0.0503. The van der Waals surface area contributed by atoms with Crippen LogP contribution in [0.15, 0.2) is 42.5 Å². The van der Waals surface area contributed by atoms with Crippen LogP contribution in [0.1, 0.15) is 21.5 Å². The standard InChI is InChI=1S/C18H17ClFNO2/c1-12-3-2-4-13(7-12)18(22)21-9-16(10-21)23-11-14-5-6-15(20)8-17(14)19/h2-8,16H,9-11H2,1H3. The van der Waals surface area contributed by atoms with Gasteiger partial charge in [0.1, 0.15) is 5.82 Å². The van der Waals surface area contributed by atoms with Crippen LogP contribution in [0.2, 0.25) is 5.02 Å². The maximum Gasteiger partial charge on any atom is 0.254 e. The minimum atomic E-state index is -0.364. The molecule has 0 bridgehead atoms. The van der Waals surface area contributed by atoms with Crippen LogP contribution in [0.5, 0.6) is 0 Å². The molecule has 3 nitrogen and oxygen atoms in total. The molecule has 3 rings (SSSR count). The highest BCUT2D eigenvalue weighted by atomic mass is 35.5. The number of hydrogen-bond acceptors (Lipinski definition) is 2. The summed E-state index contributed by atoms with van der Waals surface area (Å²) in [4.78, 5) is 14.1. The summed E-state index contributed by atoms with van der Waals surface area (Å²) in [7, 11) is 0. The van der Waals surface area contributed by atoms with Gasteiger partial charge in [0.15, 0.2) is 0 Å². The van der Waals surface area contributed by atoms with Crippen LogP contribution < -0.4 is 0 Å². The number of halogens is 2. The first-order valence-electron chi connectivity index (χ1n) is 7.44. The van der Waals surface area contributed by atoms with Crippen molar-refractivity contribution in [2.75, 3.05) is 13.1 Å². The molecule has 1 aliphatic rings. The molecule has 0 atom stereocenters. The van der Waals surface area contributed by atoms with E-state index in [0.29, 0.717) is 30.3 Å². The van der Waals surface area contributed by atoms with Crippen LogP contribution in [0.4, 0.5) is 4.39 Å². The van der Waals surface area contributed by atoms with Crippen LogP contribution in [-0.4, -0.2) is 30.0 Å². The number of ether oxygens (including phenoxy) is 1. The third-order valence-corrected chi connectivity index (χ3v) is 4.24. The molecule has 2 aromatic carbocycles. The lowest BCUT2D eigenvalue weighted by atomic mass is 10.1. The summed E-state index contributed by atoms with van der Waals surface area (Å²) in [5, 5.41) is 0.358. The second kappa shape index (κ2) is 6.69. The van der Waals surface area contributed by atoms with E-state index in [1.165, 1.54) is 12.1 Å². The summed E-state index contributed by atoms with van der Waals surface area (Å²) in [5.74, 6) is -0.342. The fourth-order valence-electron chi connectivity index (χ4n) is 2.52. The third-order valence-electron chi connectivity index (χ3n) is 3.89. The average Bonchev–Trinajstić information content (AvgIpc) is 2.47. The molecule has 1 aliphatic heterocycles. The molecule has 0 aliphatic carbocycles. The maximum absolute atomic E-state index is 13.0. The maximum atomic E-state index is 13.0. The fourth-order valence-corrected chi connectivity index (χ4v) is 2.74. The van der Waals surface area contributed by atoms with Gasteiger partial charge in [-0.15, -0.1) is 0 Å². The van der Waals surface area contributed by atoms with Crippen molar-refractivity contribution >= 4 is 17.5 Å². The fraction of sp³-hybridized carbons (Fsp3) is 0.278. The number of benzene rings is 2. The summed E-state index contributed by atoms with van der Waals surface area (Å²) >= 11 is 5.96. The van der Waals surface area contributed by atoms with Crippen LogP contribution in [-0.2, 0) is 11.3 Å². The van der Waals surface area contributed by atoms with Crippen molar-refractivity contribution in [3.63, 3.8) is 0 Å². The number of rotatable bonds is 4. The van der Waals surface area contributed by atoms with E-state index in [1.54, 1.807) is 11.0 Å². The molecular weight excluding hydrogens is 317 g/mol. The zero-order chi connectivity index (χ0) is 16.4. The average molecular weight is 334 g/mol. The first-order valence-corrected chi connectivity index (χ1v) is 7.82. The third kappa shape index (κ3) is 3.71. The van der Waals surface area contributed by atoms with Gasteiger partial charge in [0.25, 0.3) is 5.91 Å². The van der Waals surface area contributed by atoms with Gasteiger partial charge in [-0.1, -0.05) is 35.4 Å². The Labute approximate surface area is 139 Å². The summed E-state index contributed by atoms with van der Waals surface area (Å²) in [6.45, 7) is 3.40. The van der Waals surface area contributed by atoms with E-state index in [0.717, 1.165) is 11.1 Å². The van der Waals surface area contributed by atoms with Gasteiger partial charge in [0, 0.05) is 23.7 Å². The van der Waals surface area contributed by atoms with Crippen LogP contribution in [0.3, 0.4) is 0 Å². The highest BCUT2D eigenvalue weighted by Gasteiger charge is 2.31. The van der Waals surface area contributed by atoms with Crippen molar-refractivity contribution in [3.05, 3.63) is 70.0 Å². The van der Waals surface area contributed by atoms with Gasteiger partial charge in [-0.3, -0.25) is 4.79 Å². The molecule has 1 heterocycles.